The molecule has 3 N–H and O–H groups in total. The van der Waals surface area contributed by atoms with Crippen molar-refractivity contribution >= 4 is 22.9 Å². The molecule has 7 heteroatoms. The number of nitrogens with zero attached hydrogens (tertiary/aromatic N) is 2. The second-order valence-corrected chi connectivity index (χ2v) is 6.68. The van der Waals surface area contributed by atoms with Gasteiger partial charge < -0.3 is 10.5 Å². The number of aromatic amines is 1. The third-order valence-electron chi connectivity index (χ3n) is 3.90. The van der Waals surface area contributed by atoms with Crippen molar-refractivity contribution in [1.82, 2.24) is 10.2 Å². The Morgan fingerprint density at radius 1 is 1.29 bits per heavy atom. The van der Waals surface area contributed by atoms with E-state index in [-0.39, 0.29) is 11.8 Å². The summed E-state index contributed by atoms with van der Waals surface area (Å²) in [6, 6.07) is 13.5. The fourth-order valence-electron chi connectivity index (χ4n) is 2.82. The molecule has 1 atom stereocenters. The zero-order chi connectivity index (χ0) is 16.7. The maximum atomic E-state index is 9.58. The van der Waals surface area contributed by atoms with Gasteiger partial charge in [0, 0.05) is 15.5 Å². The molecule has 0 spiro atoms. The van der Waals surface area contributed by atoms with Gasteiger partial charge in [0.05, 0.1) is 17.2 Å². The van der Waals surface area contributed by atoms with Crippen molar-refractivity contribution in [1.29, 1.82) is 5.26 Å². The van der Waals surface area contributed by atoms with Gasteiger partial charge in [-0.3, -0.25) is 5.10 Å². The number of nitriles is 1. The van der Waals surface area contributed by atoms with Crippen LogP contribution in [0.25, 0.3) is 11.3 Å². The number of halogens is 1. The minimum Gasteiger partial charge on any atom is -0.420 e. The van der Waals surface area contributed by atoms with Gasteiger partial charge in [-0.25, -0.2) is 0 Å². The second-order valence-electron chi connectivity index (χ2n) is 5.26. The van der Waals surface area contributed by atoms with E-state index in [1.165, 1.54) is 0 Å². The van der Waals surface area contributed by atoms with E-state index in [4.69, 9.17) is 22.1 Å². The minimum absolute atomic E-state index is 0.0950. The highest BCUT2D eigenvalue weighted by Crippen LogP contribution is 2.46. The molecular formula is C17H11ClN4OS. The Bertz CT molecular complexity index is 967. The molecule has 0 saturated heterocycles. The van der Waals surface area contributed by atoms with E-state index in [9.17, 15) is 5.26 Å². The number of ether oxygens (including phenoxy) is 1. The maximum Gasteiger partial charge on any atom is 0.244 e. The molecule has 1 aromatic carbocycles. The lowest BCUT2D eigenvalue weighted by molar-refractivity contribution is 0.379. The lowest BCUT2D eigenvalue weighted by Crippen LogP contribution is -2.20. The first-order chi connectivity index (χ1) is 11.7. The van der Waals surface area contributed by atoms with Crippen molar-refractivity contribution in [3.8, 4) is 23.2 Å². The molecule has 0 radical (unpaired) electrons. The van der Waals surface area contributed by atoms with Gasteiger partial charge in [0.1, 0.15) is 11.6 Å². The molecule has 0 aliphatic carbocycles. The van der Waals surface area contributed by atoms with Crippen molar-refractivity contribution in [2.45, 2.75) is 5.92 Å². The van der Waals surface area contributed by atoms with Gasteiger partial charge in [0.2, 0.25) is 11.8 Å². The summed E-state index contributed by atoms with van der Waals surface area (Å²) in [7, 11) is 0. The topological polar surface area (TPSA) is 87.7 Å². The van der Waals surface area contributed by atoms with E-state index in [1.807, 2.05) is 41.8 Å². The van der Waals surface area contributed by atoms with Gasteiger partial charge in [0.15, 0.2) is 0 Å². The van der Waals surface area contributed by atoms with Crippen LogP contribution in [-0.4, -0.2) is 10.2 Å². The zero-order valence-corrected chi connectivity index (χ0v) is 13.9. The minimum atomic E-state index is -0.303. The molecular weight excluding hydrogens is 344 g/mol. The van der Waals surface area contributed by atoms with Crippen molar-refractivity contribution in [2.75, 3.05) is 0 Å². The van der Waals surface area contributed by atoms with E-state index >= 15 is 0 Å². The summed E-state index contributed by atoms with van der Waals surface area (Å²) >= 11 is 7.54. The number of nitrogens with one attached hydrogen (secondary N) is 1. The fourth-order valence-corrected chi connectivity index (χ4v) is 3.79. The standard InChI is InChI=1S/C17H11ClN4OS/c18-10-5-3-9(4-6-10)15-14-13(12-2-1-7-24-12)11(8-19)16(20)23-17(14)22-21-15/h1-7,13H,20H2,(H,21,22). The largest absolute Gasteiger partial charge is 0.420 e. The Kier molecular flexibility index (Phi) is 3.53. The van der Waals surface area contributed by atoms with Crippen molar-refractivity contribution in [2.24, 2.45) is 5.73 Å². The van der Waals surface area contributed by atoms with Gasteiger partial charge in [-0.15, -0.1) is 16.4 Å². The van der Waals surface area contributed by atoms with Crippen LogP contribution in [-0.2, 0) is 0 Å². The molecule has 0 fully saturated rings. The Morgan fingerprint density at radius 3 is 2.75 bits per heavy atom. The first kappa shape index (κ1) is 14.8. The quantitative estimate of drug-likeness (QED) is 0.727. The maximum absolute atomic E-state index is 9.58. The molecule has 118 valence electrons. The second kappa shape index (κ2) is 5.71. The van der Waals surface area contributed by atoms with Crippen molar-refractivity contribution in [3.05, 3.63) is 68.7 Å². The molecule has 3 heterocycles. The molecule has 1 aliphatic heterocycles. The van der Waals surface area contributed by atoms with Crippen molar-refractivity contribution in [3.63, 3.8) is 0 Å². The monoisotopic (exact) mass is 354 g/mol. The van der Waals surface area contributed by atoms with Crippen LogP contribution in [0.15, 0.2) is 53.2 Å². The highest BCUT2D eigenvalue weighted by Gasteiger charge is 2.36. The fraction of sp³-hybridized carbons (Fsp3) is 0.0588. The summed E-state index contributed by atoms with van der Waals surface area (Å²) in [6.45, 7) is 0. The molecule has 4 rings (SSSR count). The third-order valence-corrected chi connectivity index (χ3v) is 5.09. The highest BCUT2D eigenvalue weighted by atomic mass is 35.5. The molecule has 0 saturated carbocycles. The Balaban J connectivity index is 1.94. The van der Waals surface area contributed by atoms with Gasteiger partial charge in [-0.1, -0.05) is 29.8 Å². The van der Waals surface area contributed by atoms with Crippen LogP contribution in [0.4, 0.5) is 0 Å². The number of allylic oxidation sites excluding steroid dienone is 1. The zero-order valence-electron chi connectivity index (χ0n) is 12.3. The average Bonchev–Trinajstić information content (AvgIpc) is 3.24. The lowest BCUT2D eigenvalue weighted by atomic mass is 9.87. The van der Waals surface area contributed by atoms with E-state index in [2.05, 4.69) is 16.3 Å². The van der Waals surface area contributed by atoms with Crippen LogP contribution >= 0.6 is 22.9 Å². The van der Waals surface area contributed by atoms with E-state index in [0.29, 0.717) is 16.5 Å². The van der Waals surface area contributed by atoms with Crippen molar-refractivity contribution < 1.29 is 4.74 Å². The van der Waals surface area contributed by atoms with Gasteiger partial charge in [-0.2, -0.15) is 5.26 Å². The van der Waals surface area contributed by atoms with E-state index in [1.54, 1.807) is 11.3 Å². The summed E-state index contributed by atoms with van der Waals surface area (Å²) in [4.78, 5) is 1.01. The Labute approximate surface area is 146 Å². The van der Waals surface area contributed by atoms with Gasteiger partial charge >= 0.3 is 0 Å². The number of hydrogen-bond acceptors (Lipinski definition) is 5. The number of aromatic nitrogens is 2. The van der Waals surface area contributed by atoms with Crippen LogP contribution in [0, 0.1) is 11.3 Å². The third kappa shape index (κ3) is 2.26. The van der Waals surface area contributed by atoms with Gasteiger partial charge in [0.25, 0.3) is 0 Å². The Hall–Kier alpha value is -2.75. The molecule has 3 aromatic rings. The van der Waals surface area contributed by atoms with E-state index in [0.717, 1.165) is 21.7 Å². The first-order valence-electron chi connectivity index (χ1n) is 7.14. The average molecular weight is 355 g/mol. The summed E-state index contributed by atoms with van der Waals surface area (Å²) in [5, 5.41) is 19.4. The normalized spacial score (nSPS) is 16.4. The number of rotatable bonds is 2. The highest BCUT2D eigenvalue weighted by molar-refractivity contribution is 7.10. The molecule has 5 nitrogen and oxygen atoms in total. The lowest BCUT2D eigenvalue weighted by Gasteiger charge is -2.22. The van der Waals surface area contributed by atoms with Crippen LogP contribution in [0.3, 0.4) is 0 Å². The molecule has 0 amide bonds. The predicted molar refractivity (Wildman–Crippen MR) is 92.7 cm³/mol. The molecule has 1 unspecified atom stereocenters. The van der Waals surface area contributed by atoms with Crippen LogP contribution in [0.2, 0.25) is 5.02 Å². The molecule has 1 aliphatic rings. The number of thiophene rings is 1. The summed E-state index contributed by atoms with van der Waals surface area (Å²) in [6.07, 6.45) is 0. The molecule has 2 aromatic heterocycles. The molecule has 0 bridgehead atoms. The number of hydrogen-bond donors (Lipinski definition) is 2. The number of benzene rings is 1. The summed E-state index contributed by atoms with van der Waals surface area (Å²) < 4.78 is 5.56. The number of nitrogens with two attached hydrogens (primary N) is 1. The number of H-pyrrole nitrogens is 1. The Morgan fingerprint density at radius 2 is 2.08 bits per heavy atom. The SMILES string of the molecule is N#CC1=C(N)Oc2n[nH]c(-c3ccc(Cl)cc3)c2C1c1cccs1. The first-order valence-corrected chi connectivity index (χ1v) is 8.40. The van der Waals surface area contributed by atoms with Crippen LogP contribution in [0.5, 0.6) is 5.88 Å². The van der Waals surface area contributed by atoms with Crippen LogP contribution < -0.4 is 10.5 Å². The van der Waals surface area contributed by atoms with E-state index < -0.39 is 0 Å². The predicted octanol–water partition coefficient (Wildman–Crippen LogP) is 4.01. The summed E-state index contributed by atoms with van der Waals surface area (Å²) in [5.74, 6) is 0.190. The number of fused-ring (bicyclic) bond motifs is 1. The summed E-state index contributed by atoms with van der Waals surface area (Å²) in [5.41, 5.74) is 8.84. The van der Waals surface area contributed by atoms with Gasteiger partial charge in [-0.05, 0) is 23.6 Å². The smallest absolute Gasteiger partial charge is 0.244 e. The van der Waals surface area contributed by atoms with Crippen LogP contribution in [0.1, 0.15) is 16.4 Å². The molecule has 24 heavy (non-hydrogen) atoms.